The zero-order valence-electron chi connectivity index (χ0n) is 15.2. The average molecular weight is 401 g/mol. The van der Waals surface area contributed by atoms with Crippen molar-refractivity contribution in [2.75, 3.05) is 5.75 Å². The minimum Gasteiger partial charge on any atom is -0.349 e. The molecule has 140 valence electrons. The number of thioether (sulfide) groups is 1. The molecule has 0 radical (unpaired) electrons. The minimum atomic E-state index is -0.161. The van der Waals surface area contributed by atoms with Gasteiger partial charge in [0.25, 0.3) is 0 Å². The monoisotopic (exact) mass is 400 g/mol. The lowest BCUT2D eigenvalue weighted by Crippen LogP contribution is -2.28. The molecule has 1 aromatic heterocycles. The molecular formula is C20H21ClN4OS. The topological polar surface area (TPSA) is 70.7 Å². The highest BCUT2D eigenvalue weighted by Crippen LogP contribution is 2.23. The second kappa shape index (κ2) is 9.06. The molecule has 2 aromatic carbocycles. The lowest BCUT2D eigenvalue weighted by atomic mass is 10.1. The maximum atomic E-state index is 12.2. The number of hydrogen-bond acceptors (Lipinski definition) is 4. The molecule has 1 atom stereocenters. The van der Waals surface area contributed by atoms with Gasteiger partial charge >= 0.3 is 0 Å². The lowest BCUT2D eigenvalue weighted by molar-refractivity contribution is -0.119. The summed E-state index contributed by atoms with van der Waals surface area (Å²) in [5.74, 6) is 0.844. The maximum absolute atomic E-state index is 12.2. The van der Waals surface area contributed by atoms with E-state index in [-0.39, 0.29) is 17.7 Å². The summed E-state index contributed by atoms with van der Waals surface area (Å²) in [6, 6.07) is 15.5. The largest absolute Gasteiger partial charge is 0.349 e. The Bertz CT molecular complexity index is 910. The van der Waals surface area contributed by atoms with Crippen LogP contribution in [0.2, 0.25) is 5.02 Å². The Morgan fingerprint density at radius 3 is 2.67 bits per heavy atom. The molecule has 2 N–H and O–H groups in total. The predicted octanol–water partition coefficient (Wildman–Crippen LogP) is 4.66. The summed E-state index contributed by atoms with van der Waals surface area (Å²) >= 11 is 7.47. The first-order valence-corrected chi connectivity index (χ1v) is 10.1. The minimum absolute atomic E-state index is 0.0916. The van der Waals surface area contributed by atoms with E-state index in [1.54, 1.807) is 0 Å². The van der Waals surface area contributed by atoms with Crippen LogP contribution >= 0.6 is 23.4 Å². The van der Waals surface area contributed by atoms with Gasteiger partial charge in [-0.1, -0.05) is 72.8 Å². The maximum Gasteiger partial charge on any atom is 0.230 e. The molecule has 0 saturated heterocycles. The number of nitrogens with zero attached hydrogens (tertiary/aromatic N) is 2. The number of aromatic nitrogens is 3. The van der Waals surface area contributed by atoms with E-state index in [2.05, 4.69) is 39.6 Å². The number of aryl methyl sites for hydroxylation is 1. The number of H-pyrrole nitrogens is 1. The summed E-state index contributed by atoms with van der Waals surface area (Å²) in [6.07, 6.45) is 1.000. The smallest absolute Gasteiger partial charge is 0.230 e. The molecule has 0 saturated carbocycles. The van der Waals surface area contributed by atoms with Gasteiger partial charge in [0.05, 0.1) is 11.8 Å². The highest BCUT2D eigenvalue weighted by molar-refractivity contribution is 7.99. The molecule has 7 heteroatoms. The summed E-state index contributed by atoms with van der Waals surface area (Å²) in [7, 11) is 0. The van der Waals surface area contributed by atoms with Crippen LogP contribution in [0.1, 0.15) is 31.0 Å². The number of halogens is 1. The van der Waals surface area contributed by atoms with Crippen LogP contribution < -0.4 is 5.32 Å². The molecule has 5 nitrogen and oxygen atoms in total. The number of amides is 1. The summed E-state index contributed by atoms with van der Waals surface area (Å²) in [4.78, 5) is 16.7. The zero-order valence-corrected chi connectivity index (χ0v) is 16.8. The molecule has 0 unspecified atom stereocenters. The van der Waals surface area contributed by atoms with Crippen LogP contribution in [0.25, 0.3) is 11.4 Å². The summed E-state index contributed by atoms with van der Waals surface area (Å²) in [5, 5.41) is 11.2. The lowest BCUT2D eigenvalue weighted by Gasteiger charge is -2.15. The number of carbonyl (C=O) groups is 1. The molecule has 3 rings (SSSR count). The van der Waals surface area contributed by atoms with Crippen molar-refractivity contribution in [1.82, 2.24) is 20.5 Å². The number of nitrogens with one attached hydrogen (secondary N) is 2. The van der Waals surface area contributed by atoms with Gasteiger partial charge in [-0.15, -0.1) is 5.10 Å². The van der Waals surface area contributed by atoms with Gasteiger partial charge in [-0.2, -0.15) is 0 Å². The Balaban J connectivity index is 1.55. The van der Waals surface area contributed by atoms with E-state index >= 15 is 0 Å². The molecule has 0 aliphatic carbocycles. The van der Waals surface area contributed by atoms with E-state index in [1.807, 2.05) is 43.3 Å². The van der Waals surface area contributed by atoms with Gasteiger partial charge in [0.15, 0.2) is 5.82 Å². The summed E-state index contributed by atoms with van der Waals surface area (Å²) in [6.45, 7) is 4.03. The van der Waals surface area contributed by atoms with Crippen molar-refractivity contribution in [3.63, 3.8) is 0 Å². The van der Waals surface area contributed by atoms with Crippen molar-refractivity contribution in [3.05, 3.63) is 64.7 Å². The first-order valence-electron chi connectivity index (χ1n) is 8.75. The number of aromatic amines is 1. The van der Waals surface area contributed by atoms with E-state index in [9.17, 15) is 4.79 Å². The van der Waals surface area contributed by atoms with Crippen molar-refractivity contribution in [2.24, 2.45) is 0 Å². The Hall–Kier alpha value is -2.31. The van der Waals surface area contributed by atoms with E-state index in [0.29, 0.717) is 16.0 Å². The predicted molar refractivity (Wildman–Crippen MR) is 110 cm³/mol. The molecule has 0 fully saturated rings. The Labute approximate surface area is 167 Å². The van der Waals surface area contributed by atoms with E-state index < -0.39 is 0 Å². The van der Waals surface area contributed by atoms with E-state index in [0.717, 1.165) is 17.5 Å². The van der Waals surface area contributed by atoms with Crippen molar-refractivity contribution in [3.8, 4) is 11.4 Å². The summed E-state index contributed by atoms with van der Waals surface area (Å²) in [5.41, 5.74) is 3.15. The number of benzene rings is 2. The number of hydrogen-bond donors (Lipinski definition) is 2. The highest BCUT2D eigenvalue weighted by Gasteiger charge is 2.14. The van der Waals surface area contributed by atoms with Crippen LogP contribution in [-0.4, -0.2) is 26.8 Å². The third kappa shape index (κ3) is 5.11. The molecule has 27 heavy (non-hydrogen) atoms. The SMILES string of the molecule is CCc1ccc(-c2nc(SCC(=O)N[C@H](C)c3ccccc3Cl)n[nH]2)cc1. The normalized spacial score (nSPS) is 12.0. The highest BCUT2D eigenvalue weighted by atomic mass is 35.5. The van der Waals surface area contributed by atoms with Gasteiger partial charge in [0.2, 0.25) is 11.1 Å². The quantitative estimate of drug-likeness (QED) is 0.566. The fraction of sp³-hybridized carbons (Fsp3) is 0.250. The Morgan fingerprint density at radius 1 is 1.22 bits per heavy atom. The first kappa shape index (κ1) is 19.5. The molecule has 1 heterocycles. The van der Waals surface area contributed by atoms with Crippen molar-refractivity contribution in [2.45, 2.75) is 31.5 Å². The van der Waals surface area contributed by atoms with Gasteiger partial charge in [-0.05, 0) is 30.5 Å². The van der Waals surface area contributed by atoms with Gasteiger partial charge in [0, 0.05) is 10.6 Å². The van der Waals surface area contributed by atoms with Crippen LogP contribution in [0.3, 0.4) is 0 Å². The molecule has 0 bridgehead atoms. The third-order valence-corrected chi connectivity index (χ3v) is 5.37. The van der Waals surface area contributed by atoms with Crippen LogP contribution in [0.5, 0.6) is 0 Å². The molecule has 1 amide bonds. The van der Waals surface area contributed by atoms with E-state index in [4.69, 9.17) is 11.6 Å². The van der Waals surface area contributed by atoms with Crippen LogP contribution in [0.15, 0.2) is 53.7 Å². The molecule has 0 aliphatic heterocycles. The van der Waals surface area contributed by atoms with Crippen LogP contribution in [-0.2, 0) is 11.2 Å². The number of carbonyl (C=O) groups excluding carboxylic acids is 1. The first-order chi connectivity index (χ1) is 13.1. The molecule has 0 spiro atoms. The fourth-order valence-electron chi connectivity index (χ4n) is 2.66. The van der Waals surface area contributed by atoms with Crippen LogP contribution in [0.4, 0.5) is 0 Å². The van der Waals surface area contributed by atoms with Gasteiger partial charge in [-0.3, -0.25) is 9.89 Å². The van der Waals surface area contributed by atoms with Gasteiger partial charge in [-0.25, -0.2) is 4.98 Å². The second-order valence-electron chi connectivity index (χ2n) is 6.12. The average Bonchev–Trinajstić information content (AvgIpc) is 3.16. The van der Waals surface area contributed by atoms with Crippen molar-refractivity contribution < 1.29 is 4.79 Å². The Morgan fingerprint density at radius 2 is 1.96 bits per heavy atom. The second-order valence-corrected chi connectivity index (χ2v) is 7.47. The van der Waals surface area contributed by atoms with E-state index in [1.165, 1.54) is 17.3 Å². The standard InChI is InChI=1S/C20H21ClN4OS/c1-3-14-8-10-15(11-9-14)19-23-20(25-24-19)27-12-18(26)22-13(2)16-6-4-5-7-17(16)21/h4-11,13H,3,12H2,1-2H3,(H,22,26)(H,23,24,25)/t13-/m1/s1. The van der Waals surface area contributed by atoms with Gasteiger partial charge in [0.1, 0.15) is 0 Å². The fourth-order valence-corrected chi connectivity index (χ4v) is 3.56. The molecule has 3 aromatic rings. The zero-order chi connectivity index (χ0) is 19.2. The van der Waals surface area contributed by atoms with Gasteiger partial charge < -0.3 is 5.32 Å². The van der Waals surface area contributed by atoms with Crippen molar-refractivity contribution >= 4 is 29.3 Å². The Kier molecular flexibility index (Phi) is 6.53. The molecule has 0 aliphatic rings. The van der Waals surface area contributed by atoms with Crippen LogP contribution in [0, 0.1) is 0 Å². The molecular weight excluding hydrogens is 380 g/mol. The van der Waals surface area contributed by atoms with Crippen molar-refractivity contribution in [1.29, 1.82) is 0 Å². The number of rotatable bonds is 7. The third-order valence-electron chi connectivity index (χ3n) is 4.18. The summed E-state index contributed by atoms with van der Waals surface area (Å²) < 4.78 is 0.